The van der Waals surface area contributed by atoms with Gasteiger partial charge in [-0.25, -0.2) is 0 Å². The fourth-order valence-corrected chi connectivity index (χ4v) is 2.22. The molecule has 0 aromatic heterocycles. The van der Waals surface area contributed by atoms with Crippen LogP contribution in [0.15, 0.2) is 24.3 Å². The summed E-state index contributed by atoms with van der Waals surface area (Å²) in [5.74, 6) is -1.21. The fourth-order valence-electron chi connectivity index (χ4n) is 1.44. The highest BCUT2D eigenvalue weighted by molar-refractivity contribution is 9.09. The third kappa shape index (κ3) is 3.00. The lowest BCUT2D eigenvalue weighted by atomic mass is 10.0. The first-order valence-corrected chi connectivity index (χ1v) is 5.86. The van der Waals surface area contributed by atoms with Crippen molar-refractivity contribution in [3.05, 3.63) is 35.4 Å². The Kier molecular flexibility index (Phi) is 4.57. The van der Waals surface area contributed by atoms with Crippen molar-refractivity contribution in [2.45, 2.75) is 12.0 Å². The van der Waals surface area contributed by atoms with Crippen LogP contribution in [0.25, 0.3) is 0 Å². The first-order chi connectivity index (χ1) is 7.89. The topological polar surface area (TPSA) is 18.5 Å². The third-order valence-electron chi connectivity index (χ3n) is 2.47. The van der Waals surface area contributed by atoms with E-state index in [9.17, 15) is 13.2 Å². The van der Waals surface area contributed by atoms with E-state index < -0.39 is 17.5 Å². The van der Waals surface area contributed by atoms with Crippen LogP contribution >= 0.6 is 15.9 Å². The second-order valence-corrected chi connectivity index (χ2v) is 3.93. The SMILES string of the molecule is COC(CBr)(OC)c1cccc(C(F)(F)F)c1. The van der Waals surface area contributed by atoms with Crippen LogP contribution in [-0.4, -0.2) is 19.5 Å². The van der Waals surface area contributed by atoms with E-state index in [0.717, 1.165) is 12.1 Å². The Morgan fingerprint density at radius 1 is 1.12 bits per heavy atom. The zero-order chi connectivity index (χ0) is 13.1. The molecule has 2 nitrogen and oxygen atoms in total. The minimum Gasteiger partial charge on any atom is -0.349 e. The Bertz CT molecular complexity index is 367. The van der Waals surface area contributed by atoms with Gasteiger partial charge in [0.15, 0.2) is 0 Å². The molecular formula is C11H12BrF3O2. The highest BCUT2D eigenvalue weighted by Gasteiger charge is 2.35. The molecule has 0 atom stereocenters. The smallest absolute Gasteiger partial charge is 0.349 e. The standard InChI is InChI=1S/C11H12BrF3O2/c1-16-10(7-12,17-2)8-4-3-5-9(6-8)11(13,14)15/h3-6H,7H2,1-2H3. The molecule has 0 saturated carbocycles. The van der Waals surface area contributed by atoms with E-state index in [0.29, 0.717) is 5.56 Å². The van der Waals surface area contributed by atoms with Crippen molar-refractivity contribution in [2.75, 3.05) is 19.5 Å². The van der Waals surface area contributed by atoms with Crippen LogP contribution in [0.3, 0.4) is 0 Å². The molecule has 0 bridgehead atoms. The fraction of sp³-hybridized carbons (Fsp3) is 0.455. The molecule has 0 radical (unpaired) electrons. The van der Waals surface area contributed by atoms with Gasteiger partial charge in [0.05, 0.1) is 10.9 Å². The van der Waals surface area contributed by atoms with Gasteiger partial charge >= 0.3 is 6.18 Å². The zero-order valence-electron chi connectivity index (χ0n) is 9.34. The Labute approximate surface area is 106 Å². The number of benzene rings is 1. The van der Waals surface area contributed by atoms with Crippen molar-refractivity contribution < 1.29 is 22.6 Å². The van der Waals surface area contributed by atoms with E-state index in [4.69, 9.17) is 9.47 Å². The molecule has 0 heterocycles. The third-order valence-corrected chi connectivity index (χ3v) is 3.20. The van der Waals surface area contributed by atoms with Crippen LogP contribution in [0.1, 0.15) is 11.1 Å². The number of ether oxygens (including phenoxy) is 2. The largest absolute Gasteiger partial charge is 0.416 e. The number of rotatable bonds is 4. The first-order valence-electron chi connectivity index (χ1n) is 4.73. The molecular weight excluding hydrogens is 301 g/mol. The predicted molar refractivity (Wildman–Crippen MR) is 60.9 cm³/mol. The maximum Gasteiger partial charge on any atom is 0.416 e. The Balaban J connectivity index is 3.23. The molecule has 6 heteroatoms. The van der Waals surface area contributed by atoms with E-state index in [-0.39, 0.29) is 5.33 Å². The van der Waals surface area contributed by atoms with Gasteiger partial charge < -0.3 is 9.47 Å². The average Bonchev–Trinajstić information content (AvgIpc) is 2.31. The maximum absolute atomic E-state index is 12.6. The van der Waals surface area contributed by atoms with Gasteiger partial charge in [-0.3, -0.25) is 0 Å². The van der Waals surface area contributed by atoms with Crippen LogP contribution in [0.4, 0.5) is 13.2 Å². The summed E-state index contributed by atoms with van der Waals surface area (Å²) in [6.45, 7) is 0. The molecule has 0 aliphatic carbocycles. The van der Waals surface area contributed by atoms with E-state index in [1.54, 1.807) is 0 Å². The molecule has 96 valence electrons. The number of alkyl halides is 4. The molecule has 0 aliphatic heterocycles. The van der Waals surface area contributed by atoms with Gasteiger partial charge in [-0.15, -0.1) is 0 Å². The van der Waals surface area contributed by atoms with Gasteiger partial charge in [0.1, 0.15) is 0 Å². The summed E-state index contributed by atoms with van der Waals surface area (Å²) in [6, 6.07) is 4.89. The summed E-state index contributed by atoms with van der Waals surface area (Å²) in [5, 5.41) is 0.230. The molecule has 0 N–H and O–H groups in total. The van der Waals surface area contributed by atoms with Crippen molar-refractivity contribution in [1.29, 1.82) is 0 Å². The van der Waals surface area contributed by atoms with Gasteiger partial charge in [-0.2, -0.15) is 13.2 Å². The molecule has 0 fully saturated rings. The molecule has 17 heavy (non-hydrogen) atoms. The average molecular weight is 313 g/mol. The molecule has 0 spiro atoms. The van der Waals surface area contributed by atoms with Crippen molar-refractivity contribution >= 4 is 15.9 Å². The van der Waals surface area contributed by atoms with E-state index in [1.165, 1.54) is 26.4 Å². The van der Waals surface area contributed by atoms with Crippen LogP contribution in [0.2, 0.25) is 0 Å². The number of halogens is 4. The predicted octanol–water partition coefficient (Wildman–Crippen LogP) is 3.55. The molecule has 1 rings (SSSR count). The Morgan fingerprint density at radius 3 is 2.06 bits per heavy atom. The first kappa shape index (κ1) is 14.5. The number of hydrogen-bond acceptors (Lipinski definition) is 2. The van der Waals surface area contributed by atoms with Gasteiger partial charge in [-0.1, -0.05) is 28.1 Å². The summed E-state index contributed by atoms with van der Waals surface area (Å²) in [7, 11) is 2.76. The minimum absolute atomic E-state index is 0.230. The van der Waals surface area contributed by atoms with Crippen molar-refractivity contribution in [1.82, 2.24) is 0 Å². The zero-order valence-corrected chi connectivity index (χ0v) is 10.9. The van der Waals surface area contributed by atoms with Crippen LogP contribution < -0.4 is 0 Å². The van der Waals surface area contributed by atoms with Crippen LogP contribution in [-0.2, 0) is 21.4 Å². The molecule has 0 unspecified atom stereocenters. The quantitative estimate of drug-likeness (QED) is 0.625. The molecule has 0 aliphatic rings. The molecule has 0 saturated heterocycles. The second-order valence-electron chi connectivity index (χ2n) is 3.37. The van der Waals surface area contributed by atoms with Crippen molar-refractivity contribution in [2.24, 2.45) is 0 Å². The Hall–Kier alpha value is -0.590. The summed E-state index contributed by atoms with van der Waals surface area (Å²) in [5.41, 5.74) is -0.413. The van der Waals surface area contributed by atoms with Gasteiger partial charge in [-0.05, 0) is 12.1 Å². The summed E-state index contributed by atoms with van der Waals surface area (Å²) in [6.07, 6.45) is -4.38. The highest BCUT2D eigenvalue weighted by Crippen LogP contribution is 2.34. The van der Waals surface area contributed by atoms with Crippen LogP contribution in [0.5, 0.6) is 0 Å². The molecule has 1 aromatic rings. The van der Waals surface area contributed by atoms with E-state index in [1.807, 2.05) is 0 Å². The normalized spacial score (nSPS) is 12.8. The number of hydrogen-bond donors (Lipinski definition) is 0. The maximum atomic E-state index is 12.6. The second kappa shape index (κ2) is 5.37. The van der Waals surface area contributed by atoms with E-state index in [2.05, 4.69) is 15.9 Å². The molecule has 1 aromatic carbocycles. The van der Waals surface area contributed by atoms with Gasteiger partial charge in [0, 0.05) is 19.8 Å². The number of methoxy groups -OCH3 is 2. The summed E-state index contributed by atoms with van der Waals surface area (Å²) < 4.78 is 48.0. The van der Waals surface area contributed by atoms with Gasteiger partial charge in [0.25, 0.3) is 0 Å². The van der Waals surface area contributed by atoms with Crippen molar-refractivity contribution in [3.8, 4) is 0 Å². The van der Waals surface area contributed by atoms with Gasteiger partial charge in [0.2, 0.25) is 5.79 Å². The highest BCUT2D eigenvalue weighted by atomic mass is 79.9. The monoisotopic (exact) mass is 312 g/mol. The minimum atomic E-state index is -4.38. The summed E-state index contributed by atoms with van der Waals surface area (Å²) in [4.78, 5) is 0. The lowest BCUT2D eigenvalue weighted by Gasteiger charge is -2.29. The lowest BCUT2D eigenvalue weighted by Crippen LogP contribution is -2.32. The Morgan fingerprint density at radius 2 is 1.65 bits per heavy atom. The van der Waals surface area contributed by atoms with Crippen molar-refractivity contribution in [3.63, 3.8) is 0 Å². The van der Waals surface area contributed by atoms with E-state index >= 15 is 0 Å². The molecule has 0 amide bonds. The lowest BCUT2D eigenvalue weighted by molar-refractivity contribution is -0.197. The van der Waals surface area contributed by atoms with Crippen LogP contribution in [0, 0.1) is 0 Å². The summed E-state index contributed by atoms with van der Waals surface area (Å²) >= 11 is 3.17.